The largest absolute Gasteiger partial charge is 0.416 e. The first-order valence-corrected chi connectivity index (χ1v) is 15.9. The molecule has 1 aliphatic heterocycles. The Bertz CT molecular complexity index is 1600. The fourth-order valence-electron chi connectivity index (χ4n) is 3.75. The third-order valence-electron chi connectivity index (χ3n) is 5.84. The summed E-state index contributed by atoms with van der Waals surface area (Å²) in [5.41, 5.74) is -0.437. The molecule has 0 amide bonds. The van der Waals surface area contributed by atoms with Crippen LogP contribution >= 0.6 is 23.4 Å². The minimum atomic E-state index is -4.68. The minimum absolute atomic E-state index is 0.114. The van der Waals surface area contributed by atoms with Gasteiger partial charge in [-0.2, -0.15) is 17.5 Å². The van der Waals surface area contributed by atoms with Crippen LogP contribution in [0.15, 0.2) is 68.2 Å². The third-order valence-corrected chi connectivity index (χ3v) is 10.6. The molecular formula is C24H24ClF3N4O5S3. The number of nitrogens with one attached hydrogen (secondary N) is 1. The third kappa shape index (κ3) is 6.89. The molecule has 0 aliphatic carbocycles. The van der Waals surface area contributed by atoms with Gasteiger partial charge in [0.2, 0.25) is 10.0 Å². The van der Waals surface area contributed by atoms with Gasteiger partial charge in [0.15, 0.2) is 5.82 Å². The number of halogens is 4. The molecule has 0 atom stereocenters. The van der Waals surface area contributed by atoms with Crippen molar-refractivity contribution in [3.05, 3.63) is 64.7 Å². The molecule has 2 aromatic carbocycles. The number of morpholine rings is 1. The second kappa shape index (κ2) is 11.8. The lowest BCUT2D eigenvalue weighted by Gasteiger charge is -2.26. The van der Waals surface area contributed by atoms with Gasteiger partial charge >= 0.3 is 6.18 Å². The molecule has 1 fully saturated rings. The molecule has 0 bridgehead atoms. The molecule has 0 radical (unpaired) electrons. The molecule has 9 nitrogen and oxygen atoms in total. The molecule has 0 saturated carbocycles. The molecule has 3 aromatic rings. The van der Waals surface area contributed by atoms with Crippen LogP contribution in [0.25, 0.3) is 0 Å². The first-order valence-electron chi connectivity index (χ1n) is 11.8. The van der Waals surface area contributed by atoms with E-state index < -0.39 is 41.7 Å². The van der Waals surface area contributed by atoms with Gasteiger partial charge in [-0.25, -0.2) is 16.8 Å². The molecule has 216 valence electrons. The van der Waals surface area contributed by atoms with Gasteiger partial charge in [-0.05, 0) is 60.0 Å². The summed E-state index contributed by atoms with van der Waals surface area (Å²) in [4.78, 5) is 0.295. The van der Waals surface area contributed by atoms with Crippen molar-refractivity contribution in [2.75, 3.05) is 31.0 Å². The first-order chi connectivity index (χ1) is 18.7. The van der Waals surface area contributed by atoms with Crippen molar-refractivity contribution in [1.82, 2.24) is 14.5 Å². The number of hydrogen-bond donors (Lipinski definition) is 1. The molecule has 0 unspecified atom stereocenters. The fourth-order valence-corrected chi connectivity index (χ4v) is 7.68. The van der Waals surface area contributed by atoms with Crippen LogP contribution in [0, 0.1) is 0 Å². The predicted octanol–water partition coefficient (Wildman–Crippen LogP) is 5.25. The van der Waals surface area contributed by atoms with Crippen LogP contribution in [0.1, 0.15) is 30.9 Å². The number of anilines is 1. The van der Waals surface area contributed by atoms with E-state index in [1.165, 1.54) is 34.3 Å². The van der Waals surface area contributed by atoms with Crippen molar-refractivity contribution in [2.45, 2.75) is 45.7 Å². The van der Waals surface area contributed by atoms with Crippen LogP contribution in [-0.4, -0.2) is 57.6 Å². The maximum Gasteiger partial charge on any atom is 0.416 e. The van der Waals surface area contributed by atoms with Gasteiger partial charge in [-0.3, -0.25) is 4.72 Å². The molecule has 4 rings (SSSR count). The molecule has 1 aromatic heterocycles. The van der Waals surface area contributed by atoms with Crippen LogP contribution in [0.3, 0.4) is 0 Å². The summed E-state index contributed by atoms with van der Waals surface area (Å²) >= 11 is 7.08. The molecule has 16 heteroatoms. The average Bonchev–Trinajstić information content (AvgIpc) is 2.89. The summed E-state index contributed by atoms with van der Waals surface area (Å²) in [5.74, 6) is -0.257. The topological polar surface area (TPSA) is 119 Å². The molecule has 40 heavy (non-hydrogen) atoms. The van der Waals surface area contributed by atoms with Gasteiger partial charge in [0, 0.05) is 18.0 Å². The van der Waals surface area contributed by atoms with Crippen molar-refractivity contribution in [2.24, 2.45) is 0 Å². The molecule has 0 spiro atoms. The SMILES string of the molecule is CC(C)c1cc(NS(=O)(=O)c2ccc(C(F)(F)F)cc2Cl)nnc1Sc1ccc(S(=O)(=O)N2CCOCC2)cc1. The molecular weight excluding hydrogens is 613 g/mol. The van der Waals surface area contributed by atoms with Gasteiger partial charge in [0.1, 0.15) is 9.92 Å². The Hall–Kier alpha value is -2.43. The average molecular weight is 637 g/mol. The van der Waals surface area contributed by atoms with E-state index in [0.29, 0.717) is 40.8 Å². The van der Waals surface area contributed by atoms with Gasteiger partial charge in [-0.1, -0.05) is 37.2 Å². The van der Waals surface area contributed by atoms with Crippen molar-refractivity contribution in [3.63, 3.8) is 0 Å². The van der Waals surface area contributed by atoms with Crippen LogP contribution in [0.4, 0.5) is 19.0 Å². The zero-order chi connectivity index (χ0) is 29.3. The van der Waals surface area contributed by atoms with E-state index >= 15 is 0 Å². The van der Waals surface area contributed by atoms with E-state index in [0.717, 1.165) is 6.07 Å². The van der Waals surface area contributed by atoms with Crippen molar-refractivity contribution in [3.8, 4) is 0 Å². The van der Waals surface area contributed by atoms with E-state index in [9.17, 15) is 30.0 Å². The second-order valence-electron chi connectivity index (χ2n) is 8.98. The van der Waals surface area contributed by atoms with Crippen molar-refractivity contribution in [1.29, 1.82) is 0 Å². The van der Waals surface area contributed by atoms with Gasteiger partial charge in [-0.15, -0.1) is 10.2 Å². The van der Waals surface area contributed by atoms with E-state index in [1.807, 2.05) is 13.8 Å². The Kier molecular flexibility index (Phi) is 9.02. The van der Waals surface area contributed by atoms with Gasteiger partial charge in [0.25, 0.3) is 10.0 Å². The lowest BCUT2D eigenvalue weighted by molar-refractivity contribution is -0.137. The van der Waals surface area contributed by atoms with Crippen LogP contribution in [0.2, 0.25) is 5.02 Å². The molecule has 2 heterocycles. The quantitative estimate of drug-likeness (QED) is 0.356. The molecule has 1 aliphatic rings. The number of ether oxygens (including phenoxy) is 1. The van der Waals surface area contributed by atoms with Gasteiger partial charge in [0.05, 0.1) is 28.7 Å². The molecule has 1 saturated heterocycles. The highest BCUT2D eigenvalue weighted by atomic mass is 35.5. The smallest absolute Gasteiger partial charge is 0.379 e. The van der Waals surface area contributed by atoms with Crippen LogP contribution < -0.4 is 4.72 Å². The number of alkyl halides is 3. The zero-order valence-corrected chi connectivity index (χ0v) is 24.3. The summed E-state index contributed by atoms with van der Waals surface area (Å²) in [6.07, 6.45) is -4.68. The number of rotatable bonds is 8. The van der Waals surface area contributed by atoms with E-state index in [1.54, 1.807) is 12.1 Å². The maximum absolute atomic E-state index is 12.9. The number of hydrogen-bond acceptors (Lipinski definition) is 8. The van der Waals surface area contributed by atoms with Crippen LogP contribution in [-0.2, 0) is 31.0 Å². The number of benzene rings is 2. The fraction of sp³-hybridized carbons (Fsp3) is 0.333. The normalized spacial score (nSPS) is 15.4. The van der Waals surface area contributed by atoms with Crippen molar-refractivity contribution < 1.29 is 34.7 Å². The van der Waals surface area contributed by atoms with Crippen LogP contribution in [0.5, 0.6) is 0 Å². The minimum Gasteiger partial charge on any atom is -0.379 e. The molecule has 1 N–H and O–H groups in total. The monoisotopic (exact) mass is 636 g/mol. The summed E-state index contributed by atoms with van der Waals surface area (Å²) in [7, 11) is -8.02. The van der Waals surface area contributed by atoms with E-state index in [4.69, 9.17) is 16.3 Å². The Morgan fingerprint density at radius 3 is 2.23 bits per heavy atom. The summed E-state index contributed by atoms with van der Waals surface area (Å²) < 4.78 is 99.0. The zero-order valence-electron chi connectivity index (χ0n) is 21.1. The highest BCUT2D eigenvalue weighted by Gasteiger charge is 2.32. The van der Waals surface area contributed by atoms with E-state index in [-0.39, 0.29) is 29.7 Å². The maximum atomic E-state index is 12.9. The summed E-state index contributed by atoms with van der Waals surface area (Å²) in [6, 6.07) is 9.73. The van der Waals surface area contributed by atoms with E-state index in [2.05, 4.69) is 14.9 Å². The highest BCUT2D eigenvalue weighted by molar-refractivity contribution is 7.99. The number of nitrogens with zero attached hydrogens (tertiary/aromatic N) is 3. The second-order valence-corrected chi connectivity index (χ2v) is 14.0. The Morgan fingerprint density at radius 1 is 1.00 bits per heavy atom. The standard InChI is InChI=1S/C24H24ClF3N4O5S3/c1-15(2)19-14-22(31-39(33,34)21-8-3-16(13-20(21)25)24(26,27)28)29-30-23(19)38-17-4-6-18(7-5-17)40(35,36)32-9-11-37-12-10-32/h3-8,13-15H,9-12H2,1-2H3,(H,29,31). The summed E-state index contributed by atoms with van der Waals surface area (Å²) in [5, 5.41) is 7.96. The lowest BCUT2D eigenvalue weighted by atomic mass is 10.1. The first kappa shape index (κ1) is 30.5. The number of sulfonamides is 2. The number of aromatic nitrogens is 2. The highest BCUT2D eigenvalue weighted by Crippen LogP contribution is 2.36. The van der Waals surface area contributed by atoms with Gasteiger partial charge < -0.3 is 4.74 Å². The Morgan fingerprint density at radius 2 is 1.65 bits per heavy atom. The van der Waals surface area contributed by atoms with Crippen molar-refractivity contribution >= 4 is 49.2 Å². The lowest BCUT2D eigenvalue weighted by Crippen LogP contribution is -2.40. The Balaban J connectivity index is 1.54. The summed E-state index contributed by atoms with van der Waals surface area (Å²) in [6.45, 7) is 4.98. The Labute approximate surface area is 239 Å². The predicted molar refractivity (Wildman–Crippen MR) is 144 cm³/mol.